The second-order valence-corrected chi connectivity index (χ2v) is 10.4. The van der Waals surface area contributed by atoms with Crippen LogP contribution in [0.5, 0.6) is 0 Å². The molecule has 1 aliphatic rings. The first-order chi connectivity index (χ1) is 20.3. The van der Waals surface area contributed by atoms with Crippen LogP contribution in [-0.2, 0) is 4.79 Å². The van der Waals surface area contributed by atoms with E-state index in [2.05, 4.69) is 25.3 Å². The lowest BCUT2D eigenvalue weighted by Crippen LogP contribution is -2.27. The van der Waals surface area contributed by atoms with E-state index < -0.39 is 28.8 Å². The Kier molecular flexibility index (Phi) is 7.29. The van der Waals surface area contributed by atoms with Gasteiger partial charge in [0.2, 0.25) is 5.91 Å². The lowest BCUT2D eigenvalue weighted by molar-refractivity contribution is -0.119. The van der Waals surface area contributed by atoms with Gasteiger partial charge in [-0.05, 0) is 37.1 Å². The van der Waals surface area contributed by atoms with Gasteiger partial charge < -0.3 is 5.32 Å². The molecule has 4 aromatic heterocycles. The normalized spacial score (nSPS) is 17.1. The van der Waals surface area contributed by atoms with Crippen LogP contribution in [0, 0.1) is 17.6 Å². The van der Waals surface area contributed by atoms with Crippen LogP contribution in [0.3, 0.4) is 0 Å². The molecular weight excluding hydrogens is 566 g/mol. The molecule has 42 heavy (non-hydrogen) atoms. The molecule has 13 heteroatoms. The zero-order chi connectivity index (χ0) is 29.4. The molecule has 5 heterocycles. The van der Waals surface area contributed by atoms with E-state index in [1.807, 2.05) is 6.92 Å². The van der Waals surface area contributed by atoms with Crippen molar-refractivity contribution in [2.75, 3.05) is 5.32 Å². The topological polar surface area (TPSA) is 120 Å². The van der Waals surface area contributed by atoms with E-state index in [-0.39, 0.29) is 22.5 Å². The highest BCUT2D eigenvalue weighted by Gasteiger charge is 2.25. The summed E-state index contributed by atoms with van der Waals surface area (Å²) in [7, 11) is 0. The van der Waals surface area contributed by atoms with Gasteiger partial charge in [0.25, 0.3) is 5.56 Å². The van der Waals surface area contributed by atoms with Crippen LogP contribution in [0.2, 0.25) is 5.02 Å². The van der Waals surface area contributed by atoms with Gasteiger partial charge in [-0.2, -0.15) is 5.10 Å². The maximum absolute atomic E-state index is 14.7. The minimum absolute atomic E-state index is 0.166. The molecule has 5 aromatic rings. The Morgan fingerprint density at radius 3 is 2.64 bits per heavy atom. The molecule has 0 saturated heterocycles. The van der Waals surface area contributed by atoms with Crippen molar-refractivity contribution in [1.29, 1.82) is 0 Å². The summed E-state index contributed by atoms with van der Waals surface area (Å²) in [6.07, 6.45) is 10.8. The summed E-state index contributed by atoms with van der Waals surface area (Å²) in [6.45, 7) is 1.83. The Labute approximate surface area is 243 Å². The summed E-state index contributed by atoms with van der Waals surface area (Å²) in [5, 5.41) is 7.41. The van der Waals surface area contributed by atoms with Gasteiger partial charge in [0.15, 0.2) is 5.82 Å². The van der Waals surface area contributed by atoms with Crippen LogP contribution >= 0.6 is 11.6 Å². The summed E-state index contributed by atoms with van der Waals surface area (Å²) in [6, 6.07) is 6.19. The number of nitrogens with zero attached hydrogens (tertiary/aromatic N) is 7. The van der Waals surface area contributed by atoms with Crippen molar-refractivity contribution in [2.24, 2.45) is 5.92 Å². The fourth-order valence-corrected chi connectivity index (χ4v) is 5.13. The summed E-state index contributed by atoms with van der Waals surface area (Å²) in [5.41, 5.74) is 1.65. The van der Waals surface area contributed by atoms with Crippen molar-refractivity contribution < 1.29 is 13.6 Å². The molecule has 0 aliphatic carbocycles. The van der Waals surface area contributed by atoms with Crippen molar-refractivity contribution >= 4 is 23.2 Å². The quantitative estimate of drug-likeness (QED) is 0.287. The van der Waals surface area contributed by atoms with E-state index in [4.69, 9.17) is 16.7 Å². The third-order valence-corrected chi connectivity index (χ3v) is 7.51. The highest BCUT2D eigenvalue weighted by atomic mass is 35.5. The molecule has 10 nitrogen and oxygen atoms in total. The summed E-state index contributed by atoms with van der Waals surface area (Å²) in [5.74, 6) is -2.38. The minimum atomic E-state index is -0.994. The zero-order valence-electron chi connectivity index (χ0n) is 22.2. The standard InChI is InChI=1S/C29H23ClF2N8O2/c1-16-3-2-4-24(39-15-36-22(10-25(39)41)26-20(31)6-5-19(30)27(26)32)21-9-17(7-8-35-21)28-23(37-29(16)42)13-40(38-28)18-11-33-14-34-12-18/h5-16,24H,2-4H2,1H3,(H,37,42)/t16-,24+/m1/s1. The predicted octanol–water partition coefficient (Wildman–Crippen LogP) is 5.23. The molecule has 2 bridgehead atoms. The molecule has 212 valence electrons. The highest BCUT2D eigenvalue weighted by molar-refractivity contribution is 6.31. The fraction of sp³-hybridized carbons (Fsp3) is 0.207. The number of benzene rings is 1. The number of hydrogen-bond acceptors (Lipinski definition) is 7. The maximum atomic E-state index is 14.7. The number of anilines is 1. The van der Waals surface area contributed by atoms with E-state index >= 15 is 0 Å². The van der Waals surface area contributed by atoms with Crippen molar-refractivity contribution in [2.45, 2.75) is 32.2 Å². The Morgan fingerprint density at radius 1 is 1.05 bits per heavy atom. The van der Waals surface area contributed by atoms with E-state index in [0.29, 0.717) is 47.6 Å². The molecule has 0 fully saturated rings. The summed E-state index contributed by atoms with van der Waals surface area (Å²) >= 11 is 5.85. The molecule has 1 N–H and O–H groups in total. The number of amides is 1. The second kappa shape index (κ2) is 11.2. The van der Waals surface area contributed by atoms with E-state index in [1.54, 1.807) is 41.6 Å². The van der Waals surface area contributed by atoms with Crippen LogP contribution in [0.15, 0.2) is 72.6 Å². The van der Waals surface area contributed by atoms with Crippen LogP contribution in [0.1, 0.15) is 37.9 Å². The van der Waals surface area contributed by atoms with Gasteiger partial charge in [0.1, 0.15) is 23.5 Å². The smallest absolute Gasteiger partial charge is 0.254 e. The first-order valence-electron chi connectivity index (χ1n) is 13.1. The lowest BCUT2D eigenvalue weighted by Gasteiger charge is -2.22. The molecule has 0 spiro atoms. The van der Waals surface area contributed by atoms with E-state index in [9.17, 15) is 18.4 Å². The Hall–Kier alpha value is -4.84. The Morgan fingerprint density at radius 2 is 1.86 bits per heavy atom. The molecule has 1 amide bonds. The summed E-state index contributed by atoms with van der Waals surface area (Å²) in [4.78, 5) is 43.4. The largest absolute Gasteiger partial charge is 0.323 e. The third kappa shape index (κ3) is 5.16. The Bertz CT molecular complexity index is 1860. The molecule has 0 radical (unpaired) electrons. The zero-order valence-corrected chi connectivity index (χ0v) is 23.0. The van der Waals surface area contributed by atoms with Gasteiger partial charge in [-0.3, -0.25) is 19.1 Å². The van der Waals surface area contributed by atoms with E-state index in [0.717, 1.165) is 18.2 Å². The SMILES string of the molecule is C[C@@H]1CCC[C@H](n2cnc(-c3c(F)ccc(Cl)c3F)cc2=O)c2cc(ccn2)-c2nn(-c3cncnc3)cc2NC1=O. The first kappa shape index (κ1) is 27.3. The second-order valence-electron chi connectivity index (χ2n) is 9.98. The average Bonchev–Trinajstić information content (AvgIpc) is 3.41. The number of rotatable bonds is 3. The number of halogens is 3. The van der Waals surface area contributed by atoms with Crippen molar-refractivity contribution in [1.82, 2.24) is 34.3 Å². The number of carbonyl (C=O) groups is 1. The minimum Gasteiger partial charge on any atom is -0.323 e. The third-order valence-electron chi connectivity index (χ3n) is 7.21. The van der Waals surface area contributed by atoms with Crippen molar-refractivity contribution in [3.63, 3.8) is 0 Å². The number of nitrogens with one attached hydrogen (secondary N) is 1. The van der Waals surface area contributed by atoms with Crippen LogP contribution in [0.25, 0.3) is 28.2 Å². The maximum Gasteiger partial charge on any atom is 0.254 e. The number of hydrogen-bond donors (Lipinski definition) is 1. The van der Waals surface area contributed by atoms with Crippen molar-refractivity contribution in [3.8, 4) is 28.2 Å². The molecule has 2 atom stereocenters. The fourth-order valence-electron chi connectivity index (χ4n) is 4.97. The van der Waals surface area contributed by atoms with Gasteiger partial charge >= 0.3 is 0 Å². The highest BCUT2D eigenvalue weighted by Crippen LogP contribution is 2.33. The molecule has 6 rings (SSSR count). The van der Waals surface area contributed by atoms with Crippen LogP contribution < -0.4 is 10.9 Å². The Balaban J connectivity index is 1.45. The molecule has 1 aromatic carbocycles. The lowest BCUT2D eigenvalue weighted by atomic mass is 9.97. The first-order valence-corrected chi connectivity index (χ1v) is 13.5. The number of pyridine rings is 1. The number of fused-ring (bicyclic) bond motifs is 4. The van der Waals surface area contributed by atoms with Gasteiger partial charge in [-0.1, -0.05) is 24.9 Å². The summed E-state index contributed by atoms with van der Waals surface area (Å²) < 4.78 is 32.1. The molecule has 0 unspecified atom stereocenters. The molecule has 1 aliphatic heterocycles. The van der Waals surface area contributed by atoms with Crippen molar-refractivity contribution in [3.05, 3.63) is 100 Å². The van der Waals surface area contributed by atoms with Gasteiger partial charge in [0.05, 0.1) is 58.6 Å². The van der Waals surface area contributed by atoms with Gasteiger partial charge in [-0.25, -0.2) is 28.4 Å². The molecule has 0 saturated carbocycles. The predicted molar refractivity (Wildman–Crippen MR) is 151 cm³/mol. The van der Waals surface area contributed by atoms with Crippen LogP contribution in [-0.4, -0.2) is 40.2 Å². The number of carbonyl (C=O) groups excluding carboxylic acids is 1. The van der Waals surface area contributed by atoms with Gasteiger partial charge in [-0.15, -0.1) is 0 Å². The van der Waals surface area contributed by atoms with Gasteiger partial charge in [0, 0.05) is 23.7 Å². The average molecular weight is 589 g/mol. The molecular formula is C29H23ClF2N8O2. The van der Waals surface area contributed by atoms with E-state index in [1.165, 1.54) is 17.2 Å². The van der Waals surface area contributed by atoms with Crippen LogP contribution in [0.4, 0.5) is 14.5 Å². The number of aromatic nitrogens is 7. The monoisotopic (exact) mass is 588 g/mol.